The molecule has 1 atom stereocenters. The molecule has 0 fully saturated rings. The predicted molar refractivity (Wildman–Crippen MR) is 135 cm³/mol. The maximum absolute atomic E-state index is 12.9. The summed E-state index contributed by atoms with van der Waals surface area (Å²) in [7, 11) is 0. The molecule has 0 bridgehead atoms. The van der Waals surface area contributed by atoms with Gasteiger partial charge in [-0.3, -0.25) is 9.59 Å². The molecule has 4 N–H and O–H groups in total. The molecule has 0 saturated carbocycles. The van der Waals surface area contributed by atoms with Crippen molar-refractivity contribution in [2.45, 2.75) is 32.0 Å². The molecule has 0 aliphatic rings. The second-order valence-electron chi connectivity index (χ2n) is 7.98. The van der Waals surface area contributed by atoms with E-state index >= 15 is 0 Å². The van der Waals surface area contributed by atoms with Crippen molar-refractivity contribution < 1.29 is 9.59 Å². The van der Waals surface area contributed by atoms with Gasteiger partial charge < -0.3 is 16.5 Å². The third-order valence-electron chi connectivity index (χ3n) is 5.27. The van der Waals surface area contributed by atoms with Gasteiger partial charge in [-0.2, -0.15) is 5.10 Å². The van der Waals surface area contributed by atoms with Crippen molar-refractivity contribution in [3.05, 3.63) is 83.2 Å². The molecular weight excluding hydrogens is 464 g/mol. The highest BCUT2D eigenvalue weighted by Crippen LogP contribution is 2.21. The van der Waals surface area contributed by atoms with Gasteiger partial charge in [0.15, 0.2) is 0 Å². The summed E-state index contributed by atoms with van der Waals surface area (Å²) in [6, 6.07) is 18.3. The van der Waals surface area contributed by atoms with Crippen LogP contribution in [0.25, 0.3) is 5.95 Å². The summed E-state index contributed by atoms with van der Waals surface area (Å²) in [5.41, 5.74) is 3.49. The first kappa shape index (κ1) is 24.0. The van der Waals surface area contributed by atoms with Gasteiger partial charge in [0.2, 0.25) is 11.1 Å². The Bertz CT molecular complexity index is 1350. The maximum atomic E-state index is 12.9. The number of hydrogen-bond donors (Lipinski definition) is 3. The molecule has 0 radical (unpaired) electrons. The molecule has 0 aliphatic carbocycles. The summed E-state index contributed by atoms with van der Waals surface area (Å²) in [6.45, 7) is 5.68. The normalized spacial score (nSPS) is 11.7. The molecule has 1 unspecified atom stereocenters. The lowest BCUT2D eigenvalue weighted by Crippen LogP contribution is -2.28. The molecule has 0 saturated heterocycles. The van der Waals surface area contributed by atoms with Gasteiger partial charge in [-0.15, -0.1) is 10.2 Å². The highest BCUT2D eigenvalue weighted by Gasteiger charge is 2.18. The van der Waals surface area contributed by atoms with Crippen molar-refractivity contribution in [1.29, 1.82) is 0 Å². The minimum absolute atomic E-state index is 0.0306. The highest BCUT2D eigenvalue weighted by atomic mass is 32.2. The highest BCUT2D eigenvalue weighted by molar-refractivity contribution is 7.99. The van der Waals surface area contributed by atoms with Gasteiger partial charge in [0, 0.05) is 5.69 Å². The van der Waals surface area contributed by atoms with Crippen LogP contribution in [-0.4, -0.2) is 42.2 Å². The van der Waals surface area contributed by atoms with E-state index in [-0.39, 0.29) is 23.6 Å². The summed E-state index contributed by atoms with van der Waals surface area (Å²) < 4.78 is 2.89. The van der Waals surface area contributed by atoms with Crippen molar-refractivity contribution in [2.24, 2.45) is 0 Å². The minimum atomic E-state index is -0.304. The molecule has 2 aromatic heterocycles. The molecule has 11 heteroatoms. The molecule has 4 aromatic rings. The zero-order chi connectivity index (χ0) is 24.9. The Hall–Kier alpha value is -4.12. The Kier molecular flexibility index (Phi) is 7.16. The van der Waals surface area contributed by atoms with Crippen LogP contribution >= 0.6 is 11.8 Å². The Morgan fingerprint density at radius 3 is 2.49 bits per heavy atom. The van der Waals surface area contributed by atoms with Gasteiger partial charge in [0.05, 0.1) is 28.7 Å². The van der Waals surface area contributed by atoms with Crippen LogP contribution < -0.4 is 16.5 Å². The molecule has 0 spiro atoms. The molecule has 180 valence electrons. The third-order valence-corrected chi connectivity index (χ3v) is 6.21. The van der Waals surface area contributed by atoms with Gasteiger partial charge >= 0.3 is 0 Å². The number of thioether (sulfide) groups is 1. The molecule has 2 amide bonds. The number of benzene rings is 2. The van der Waals surface area contributed by atoms with E-state index in [9.17, 15) is 9.59 Å². The van der Waals surface area contributed by atoms with E-state index < -0.39 is 0 Å². The van der Waals surface area contributed by atoms with Crippen LogP contribution in [0.3, 0.4) is 0 Å². The molecule has 35 heavy (non-hydrogen) atoms. The van der Waals surface area contributed by atoms with Gasteiger partial charge in [0.25, 0.3) is 11.9 Å². The lowest BCUT2D eigenvalue weighted by molar-refractivity contribution is -0.113. The number of rotatable bonds is 8. The fourth-order valence-electron chi connectivity index (χ4n) is 3.55. The fraction of sp³-hybridized carbons (Fsp3) is 0.208. The van der Waals surface area contributed by atoms with Crippen LogP contribution in [-0.2, 0) is 4.79 Å². The number of para-hydroxylation sites is 1. The van der Waals surface area contributed by atoms with Crippen molar-refractivity contribution in [1.82, 2.24) is 30.0 Å². The smallest absolute Gasteiger partial charge is 0.271 e. The van der Waals surface area contributed by atoms with Crippen LogP contribution in [0.5, 0.6) is 0 Å². The second-order valence-corrected chi connectivity index (χ2v) is 8.92. The van der Waals surface area contributed by atoms with Crippen molar-refractivity contribution >= 4 is 29.3 Å². The summed E-state index contributed by atoms with van der Waals surface area (Å²) in [5.74, 6) is 5.94. The topological polar surface area (TPSA) is 133 Å². The Morgan fingerprint density at radius 1 is 1.06 bits per heavy atom. The van der Waals surface area contributed by atoms with E-state index in [1.165, 1.54) is 4.68 Å². The van der Waals surface area contributed by atoms with E-state index in [2.05, 4.69) is 25.9 Å². The first-order valence-electron chi connectivity index (χ1n) is 10.9. The number of anilines is 1. The molecule has 2 aromatic carbocycles. The van der Waals surface area contributed by atoms with Gasteiger partial charge in [-0.1, -0.05) is 54.2 Å². The van der Waals surface area contributed by atoms with Gasteiger partial charge in [-0.05, 0) is 44.5 Å². The molecule has 0 aliphatic heterocycles. The van der Waals surface area contributed by atoms with E-state index in [4.69, 9.17) is 5.84 Å². The number of nitrogens with one attached hydrogen (secondary N) is 2. The van der Waals surface area contributed by atoms with Crippen molar-refractivity contribution in [2.75, 3.05) is 16.9 Å². The SMILES string of the molecule is Cc1cc(C)n(-c2nnc(SCC(=O)Nc3ccccc3C(=O)NC(C)c3ccccc3)n2N)n1. The van der Waals surface area contributed by atoms with Crippen molar-refractivity contribution in [3.8, 4) is 5.95 Å². The zero-order valence-corrected chi connectivity index (χ0v) is 20.4. The first-order valence-corrected chi connectivity index (χ1v) is 11.9. The van der Waals surface area contributed by atoms with E-state index in [0.717, 1.165) is 28.7 Å². The van der Waals surface area contributed by atoms with Crippen LogP contribution in [0.4, 0.5) is 5.69 Å². The number of carbonyl (C=O) groups is 2. The second kappa shape index (κ2) is 10.4. The van der Waals surface area contributed by atoms with Crippen molar-refractivity contribution in [3.63, 3.8) is 0 Å². The van der Waals surface area contributed by atoms with Crippen LogP contribution in [0.15, 0.2) is 65.8 Å². The average molecular weight is 491 g/mol. The first-order chi connectivity index (χ1) is 16.8. The van der Waals surface area contributed by atoms with Crippen LogP contribution in [0.2, 0.25) is 0 Å². The third kappa shape index (κ3) is 5.52. The predicted octanol–water partition coefficient (Wildman–Crippen LogP) is 3.02. The van der Waals surface area contributed by atoms with E-state index in [0.29, 0.717) is 22.4 Å². The summed E-state index contributed by atoms with van der Waals surface area (Å²) in [6.07, 6.45) is 0. The molecular formula is C24H26N8O2S. The molecule has 10 nitrogen and oxygen atoms in total. The Morgan fingerprint density at radius 2 is 1.77 bits per heavy atom. The number of nitrogens with zero attached hydrogens (tertiary/aromatic N) is 5. The standard InChI is InChI=1S/C24H26N8O2S/c1-15-13-16(2)32(30-15)23-28-29-24(31(23)25)35-14-21(33)27-20-12-8-7-11-19(20)22(34)26-17(3)18-9-5-4-6-10-18/h4-13,17H,14,25H2,1-3H3,(H,26,34)(H,27,33). The molecule has 2 heterocycles. The largest absolute Gasteiger partial charge is 0.345 e. The van der Waals surface area contributed by atoms with E-state index in [1.807, 2.05) is 57.2 Å². The van der Waals surface area contributed by atoms with Crippen LogP contribution in [0.1, 0.15) is 40.3 Å². The van der Waals surface area contributed by atoms with Gasteiger partial charge in [0.1, 0.15) is 0 Å². The monoisotopic (exact) mass is 490 g/mol. The number of hydrogen-bond acceptors (Lipinski definition) is 7. The average Bonchev–Trinajstić information content (AvgIpc) is 3.38. The fourth-order valence-corrected chi connectivity index (χ4v) is 4.20. The Balaban J connectivity index is 1.40. The lowest BCUT2D eigenvalue weighted by atomic mass is 10.1. The summed E-state index contributed by atoms with van der Waals surface area (Å²) in [4.78, 5) is 25.6. The van der Waals surface area contributed by atoms with Crippen LogP contribution in [0, 0.1) is 13.8 Å². The number of nitrogen functional groups attached to an aromatic ring is 1. The maximum Gasteiger partial charge on any atom is 0.271 e. The number of amides is 2. The number of carbonyl (C=O) groups excluding carboxylic acids is 2. The summed E-state index contributed by atoms with van der Waals surface area (Å²) >= 11 is 1.14. The quantitative estimate of drug-likeness (QED) is 0.255. The number of aromatic nitrogens is 5. The summed E-state index contributed by atoms with van der Waals surface area (Å²) in [5, 5.41) is 18.7. The van der Waals surface area contributed by atoms with Gasteiger partial charge in [-0.25, -0.2) is 9.36 Å². The number of aryl methyl sites for hydroxylation is 2. The number of nitrogens with two attached hydrogens (primary N) is 1. The minimum Gasteiger partial charge on any atom is -0.345 e. The zero-order valence-electron chi connectivity index (χ0n) is 19.6. The Labute approximate surface area is 206 Å². The molecule has 4 rings (SSSR count). The lowest BCUT2D eigenvalue weighted by Gasteiger charge is -2.16. The van der Waals surface area contributed by atoms with E-state index in [1.54, 1.807) is 28.9 Å².